The zero-order chi connectivity index (χ0) is 25.1. The number of aromatic nitrogens is 1. The fraction of sp³-hybridized carbons (Fsp3) is 0.433. The molecule has 2 aromatic heterocycles. The molecule has 188 valence electrons. The molecule has 2 amide bonds. The topological polar surface area (TPSA) is 53.5 Å². The molecule has 2 aliphatic rings. The standard InChI is InChI=1S/C30H35N3O2S/c1-21-18-22(2)31-24(19-21)20-25-10-6-7-15-32(25)28(34)11-12-29(35)33-16-13-27-26(14-17-36-27)30(33)23-8-4-3-5-9-23/h3-5,8-9,14,17-19,25,30H,6-7,10-13,15-16,20H2,1-2H3. The maximum Gasteiger partial charge on any atom is 0.223 e. The van der Waals surface area contributed by atoms with Crippen molar-refractivity contribution >= 4 is 23.2 Å². The molecule has 5 rings (SSSR count). The van der Waals surface area contributed by atoms with E-state index in [1.165, 1.54) is 16.0 Å². The zero-order valence-electron chi connectivity index (χ0n) is 21.3. The predicted octanol–water partition coefficient (Wildman–Crippen LogP) is 5.64. The Morgan fingerprint density at radius 1 is 0.972 bits per heavy atom. The maximum absolute atomic E-state index is 13.5. The molecule has 36 heavy (non-hydrogen) atoms. The first-order valence-corrected chi connectivity index (χ1v) is 14.0. The molecule has 0 saturated carbocycles. The maximum atomic E-state index is 13.5. The Kier molecular flexibility index (Phi) is 7.51. The van der Waals surface area contributed by atoms with E-state index in [1.54, 1.807) is 11.3 Å². The third-order valence-electron chi connectivity index (χ3n) is 7.50. The average Bonchev–Trinajstić information content (AvgIpc) is 3.36. The molecule has 0 aliphatic carbocycles. The van der Waals surface area contributed by atoms with Crippen LogP contribution in [0.1, 0.15) is 71.1 Å². The van der Waals surface area contributed by atoms with E-state index < -0.39 is 0 Å². The van der Waals surface area contributed by atoms with Crippen LogP contribution in [0.25, 0.3) is 0 Å². The number of nitrogens with zero attached hydrogens (tertiary/aromatic N) is 3. The summed E-state index contributed by atoms with van der Waals surface area (Å²) in [6.07, 6.45) is 5.35. The van der Waals surface area contributed by atoms with Gasteiger partial charge in [0, 0.05) is 54.7 Å². The molecule has 3 aromatic rings. The van der Waals surface area contributed by atoms with Crippen molar-refractivity contribution in [2.75, 3.05) is 13.1 Å². The van der Waals surface area contributed by atoms with Crippen LogP contribution in [-0.2, 0) is 22.4 Å². The van der Waals surface area contributed by atoms with Gasteiger partial charge >= 0.3 is 0 Å². The van der Waals surface area contributed by atoms with Gasteiger partial charge in [-0.25, -0.2) is 0 Å². The lowest BCUT2D eigenvalue weighted by atomic mass is 9.92. The molecule has 6 heteroatoms. The molecule has 1 fully saturated rings. The Morgan fingerprint density at radius 3 is 2.53 bits per heavy atom. The smallest absolute Gasteiger partial charge is 0.223 e. The molecule has 2 atom stereocenters. The molecule has 5 nitrogen and oxygen atoms in total. The van der Waals surface area contributed by atoms with E-state index in [0.29, 0.717) is 6.54 Å². The van der Waals surface area contributed by atoms with Crippen LogP contribution < -0.4 is 0 Å². The van der Waals surface area contributed by atoms with Crippen LogP contribution in [0, 0.1) is 13.8 Å². The Hall–Kier alpha value is -2.99. The molecule has 1 aromatic carbocycles. The number of carbonyl (C=O) groups is 2. The number of piperidine rings is 1. The zero-order valence-corrected chi connectivity index (χ0v) is 22.1. The summed E-state index contributed by atoms with van der Waals surface area (Å²) in [6, 6.07) is 16.7. The average molecular weight is 502 g/mol. The highest BCUT2D eigenvalue weighted by Gasteiger charge is 2.33. The number of hydrogen-bond donors (Lipinski definition) is 0. The minimum Gasteiger partial charge on any atom is -0.339 e. The summed E-state index contributed by atoms with van der Waals surface area (Å²) >= 11 is 1.77. The van der Waals surface area contributed by atoms with Gasteiger partial charge in [0.15, 0.2) is 0 Å². The van der Waals surface area contributed by atoms with Crippen molar-refractivity contribution in [2.45, 2.75) is 70.9 Å². The summed E-state index contributed by atoms with van der Waals surface area (Å²) in [5, 5.41) is 2.12. The molecule has 0 radical (unpaired) electrons. The highest BCUT2D eigenvalue weighted by Crippen LogP contribution is 2.38. The van der Waals surface area contributed by atoms with E-state index in [2.05, 4.69) is 42.6 Å². The summed E-state index contributed by atoms with van der Waals surface area (Å²) in [4.78, 5) is 37.0. The monoisotopic (exact) mass is 501 g/mol. The number of fused-ring (bicyclic) bond motifs is 1. The van der Waals surface area contributed by atoms with Crippen LogP contribution >= 0.6 is 11.3 Å². The van der Waals surface area contributed by atoms with Crippen LogP contribution in [0.4, 0.5) is 0 Å². The molecule has 2 aliphatic heterocycles. The minimum atomic E-state index is -0.0674. The van der Waals surface area contributed by atoms with Crippen molar-refractivity contribution in [3.05, 3.63) is 86.9 Å². The summed E-state index contributed by atoms with van der Waals surface area (Å²) in [7, 11) is 0. The van der Waals surface area contributed by atoms with Gasteiger partial charge in [-0.15, -0.1) is 11.3 Å². The lowest BCUT2D eigenvalue weighted by Crippen LogP contribution is -2.45. The van der Waals surface area contributed by atoms with Gasteiger partial charge in [0.1, 0.15) is 0 Å². The molecule has 4 heterocycles. The Balaban J connectivity index is 1.26. The largest absolute Gasteiger partial charge is 0.339 e. The second-order valence-corrected chi connectivity index (χ2v) is 11.2. The molecule has 0 N–H and O–H groups in total. The SMILES string of the molecule is Cc1cc(C)nc(CC2CCCCN2C(=O)CCC(=O)N2CCc3sccc3C2c2ccccc2)c1. The van der Waals surface area contributed by atoms with E-state index in [1.807, 2.05) is 34.9 Å². The summed E-state index contributed by atoms with van der Waals surface area (Å²) in [5.74, 6) is 0.167. The molecular weight excluding hydrogens is 466 g/mol. The molecule has 0 bridgehead atoms. The van der Waals surface area contributed by atoms with Gasteiger partial charge in [-0.05, 0) is 79.8 Å². The van der Waals surface area contributed by atoms with Gasteiger partial charge in [0.05, 0.1) is 6.04 Å². The van der Waals surface area contributed by atoms with Crippen LogP contribution in [0.3, 0.4) is 0 Å². The van der Waals surface area contributed by atoms with Crippen molar-refractivity contribution < 1.29 is 9.59 Å². The third kappa shape index (κ3) is 5.39. The number of carbonyl (C=O) groups excluding carboxylic acids is 2. The van der Waals surface area contributed by atoms with Gasteiger partial charge in [-0.2, -0.15) is 0 Å². The van der Waals surface area contributed by atoms with Crippen LogP contribution in [-0.4, -0.2) is 45.7 Å². The fourth-order valence-electron chi connectivity index (χ4n) is 5.89. The quantitative estimate of drug-likeness (QED) is 0.439. The summed E-state index contributed by atoms with van der Waals surface area (Å²) in [5.41, 5.74) is 5.65. The number of thiophene rings is 1. The number of benzene rings is 1. The number of rotatable bonds is 6. The van der Waals surface area contributed by atoms with Gasteiger partial charge in [0.2, 0.25) is 11.8 Å². The van der Waals surface area contributed by atoms with Crippen molar-refractivity contribution in [3.8, 4) is 0 Å². The number of aryl methyl sites for hydroxylation is 2. The molecule has 2 unspecified atom stereocenters. The van der Waals surface area contributed by atoms with Gasteiger partial charge in [-0.3, -0.25) is 14.6 Å². The first-order valence-electron chi connectivity index (χ1n) is 13.1. The first-order chi connectivity index (χ1) is 17.5. The lowest BCUT2D eigenvalue weighted by molar-refractivity contribution is -0.140. The van der Waals surface area contributed by atoms with Crippen LogP contribution in [0.15, 0.2) is 53.9 Å². The second-order valence-electron chi connectivity index (χ2n) is 10.2. The minimum absolute atomic E-state index is 0.0674. The summed E-state index contributed by atoms with van der Waals surface area (Å²) in [6.45, 7) is 5.59. The summed E-state index contributed by atoms with van der Waals surface area (Å²) < 4.78 is 0. The van der Waals surface area contributed by atoms with E-state index in [-0.39, 0.29) is 36.7 Å². The molecule has 0 spiro atoms. The van der Waals surface area contributed by atoms with E-state index in [9.17, 15) is 9.59 Å². The van der Waals surface area contributed by atoms with E-state index in [4.69, 9.17) is 4.98 Å². The van der Waals surface area contributed by atoms with Crippen molar-refractivity contribution in [2.24, 2.45) is 0 Å². The lowest BCUT2D eigenvalue weighted by Gasteiger charge is -2.37. The Morgan fingerprint density at radius 2 is 1.75 bits per heavy atom. The van der Waals surface area contributed by atoms with E-state index >= 15 is 0 Å². The van der Waals surface area contributed by atoms with E-state index in [0.717, 1.165) is 55.6 Å². The van der Waals surface area contributed by atoms with Crippen molar-refractivity contribution in [1.82, 2.24) is 14.8 Å². The molecular formula is C30H35N3O2S. The number of amides is 2. The Bertz CT molecular complexity index is 1200. The highest BCUT2D eigenvalue weighted by atomic mass is 32.1. The number of hydrogen-bond acceptors (Lipinski definition) is 4. The van der Waals surface area contributed by atoms with Crippen molar-refractivity contribution in [1.29, 1.82) is 0 Å². The predicted molar refractivity (Wildman–Crippen MR) is 144 cm³/mol. The number of likely N-dealkylation sites (tertiary alicyclic amines) is 1. The van der Waals surface area contributed by atoms with Crippen LogP contribution in [0.5, 0.6) is 0 Å². The number of pyridine rings is 1. The first kappa shape index (κ1) is 24.7. The van der Waals surface area contributed by atoms with Gasteiger partial charge < -0.3 is 9.80 Å². The third-order valence-corrected chi connectivity index (χ3v) is 8.49. The fourth-order valence-corrected chi connectivity index (χ4v) is 6.80. The van der Waals surface area contributed by atoms with Crippen molar-refractivity contribution in [3.63, 3.8) is 0 Å². The Labute approximate surface area is 218 Å². The van der Waals surface area contributed by atoms with Gasteiger partial charge in [0.25, 0.3) is 0 Å². The van der Waals surface area contributed by atoms with Gasteiger partial charge in [-0.1, -0.05) is 30.3 Å². The van der Waals surface area contributed by atoms with Crippen LogP contribution in [0.2, 0.25) is 0 Å². The molecule has 1 saturated heterocycles. The highest BCUT2D eigenvalue weighted by molar-refractivity contribution is 7.10. The normalized spacial score (nSPS) is 19.7. The second kappa shape index (κ2) is 11.0.